The van der Waals surface area contributed by atoms with Crippen molar-refractivity contribution in [1.29, 1.82) is 0 Å². The highest BCUT2D eigenvalue weighted by Gasteiger charge is 2.36. The molecule has 6 rings (SSSR count). The highest BCUT2D eigenvalue weighted by Crippen LogP contribution is 2.49. The van der Waals surface area contributed by atoms with Gasteiger partial charge in [-0.1, -0.05) is 73.5 Å². The summed E-state index contributed by atoms with van der Waals surface area (Å²) in [6, 6.07) is 24.0. The van der Waals surface area contributed by atoms with Crippen molar-refractivity contribution < 1.29 is 0 Å². The van der Waals surface area contributed by atoms with Gasteiger partial charge >= 0.3 is 0 Å². The maximum absolute atomic E-state index is 4.71. The highest BCUT2D eigenvalue weighted by atomic mass is 14.7. The average Bonchev–Trinajstić information content (AvgIpc) is 2.75. The summed E-state index contributed by atoms with van der Waals surface area (Å²) < 4.78 is 0. The van der Waals surface area contributed by atoms with E-state index in [4.69, 9.17) is 4.98 Å². The molecule has 0 amide bonds. The molecule has 0 aliphatic heterocycles. The van der Waals surface area contributed by atoms with Gasteiger partial charge in [-0.25, -0.2) is 0 Å². The smallest absolute Gasteiger partial charge is 0.0702 e. The van der Waals surface area contributed by atoms with E-state index >= 15 is 0 Å². The second-order valence-electron chi connectivity index (χ2n) is 8.05. The van der Waals surface area contributed by atoms with Crippen molar-refractivity contribution in [1.82, 2.24) is 4.98 Å². The Bertz CT molecular complexity index is 874. The lowest BCUT2D eigenvalue weighted by molar-refractivity contribution is 0.145. The fraction of sp³-hybridized carbons (Fsp3) is 0.320. The van der Waals surface area contributed by atoms with Crippen LogP contribution in [0.4, 0.5) is 0 Å². The Balaban J connectivity index is 1.42. The van der Waals surface area contributed by atoms with E-state index in [-0.39, 0.29) is 0 Å². The van der Waals surface area contributed by atoms with E-state index in [1.807, 2.05) is 12.3 Å². The van der Waals surface area contributed by atoms with Gasteiger partial charge in [0, 0.05) is 17.3 Å². The molecule has 3 aromatic rings. The lowest BCUT2D eigenvalue weighted by Gasteiger charge is -2.42. The van der Waals surface area contributed by atoms with Crippen LogP contribution in [0, 0.1) is 11.8 Å². The Hall–Kier alpha value is -2.41. The third-order valence-electron chi connectivity index (χ3n) is 6.53. The number of hydrogen-bond donors (Lipinski definition) is 0. The van der Waals surface area contributed by atoms with Crippen molar-refractivity contribution in [3.05, 3.63) is 78.5 Å². The van der Waals surface area contributed by atoms with E-state index in [9.17, 15) is 0 Å². The quantitative estimate of drug-likeness (QED) is 0.517. The zero-order valence-electron chi connectivity index (χ0n) is 15.1. The first-order chi connectivity index (χ1) is 12.9. The summed E-state index contributed by atoms with van der Waals surface area (Å²) in [5, 5.41) is 0. The van der Waals surface area contributed by atoms with E-state index < -0.39 is 0 Å². The van der Waals surface area contributed by atoms with Crippen LogP contribution < -0.4 is 0 Å². The molecule has 1 nitrogen and oxygen atoms in total. The topological polar surface area (TPSA) is 12.9 Å². The minimum absolute atomic E-state index is 0.777. The molecule has 3 fully saturated rings. The van der Waals surface area contributed by atoms with Crippen molar-refractivity contribution in [3.63, 3.8) is 0 Å². The largest absolute Gasteiger partial charge is 0.256 e. The summed E-state index contributed by atoms with van der Waals surface area (Å²) in [5.41, 5.74) is 6.27. The number of rotatable bonds is 3. The van der Waals surface area contributed by atoms with E-state index in [2.05, 4.69) is 60.7 Å². The molecule has 2 aromatic carbocycles. The Morgan fingerprint density at radius 1 is 0.692 bits per heavy atom. The average molecular weight is 339 g/mol. The normalized spacial score (nSPS) is 24.5. The maximum atomic E-state index is 4.71. The molecular weight excluding hydrogens is 314 g/mol. The van der Waals surface area contributed by atoms with E-state index in [0.717, 1.165) is 23.4 Å². The van der Waals surface area contributed by atoms with Gasteiger partial charge in [0.25, 0.3) is 0 Å². The fourth-order valence-electron chi connectivity index (χ4n) is 5.08. The Kier molecular flexibility index (Phi) is 4.09. The van der Waals surface area contributed by atoms with Gasteiger partial charge in [0.2, 0.25) is 0 Å². The molecule has 3 aliphatic rings. The standard InChI is InChI=1S/C25H25N/c1-2-5-20(6-3-1)25-14-13-23(17-26-25)21-7-4-8-22(16-21)24-15-18-9-11-19(24)12-10-18/h1-8,13-14,16-19,24H,9-12,15H2. The van der Waals surface area contributed by atoms with Gasteiger partial charge in [-0.15, -0.1) is 0 Å². The molecule has 0 radical (unpaired) electrons. The SMILES string of the molecule is c1ccc(-c2ccc(-c3cccc(C4CC5CCC4CC5)c3)cn2)cc1. The molecule has 1 atom stereocenters. The number of benzene rings is 2. The second-order valence-corrected chi connectivity index (χ2v) is 8.05. The van der Waals surface area contributed by atoms with Crippen molar-refractivity contribution in [2.24, 2.45) is 11.8 Å². The number of pyridine rings is 1. The van der Waals surface area contributed by atoms with E-state index in [1.165, 1.54) is 48.8 Å². The number of fused-ring (bicyclic) bond motifs is 3. The summed E-state index contributed by atoms with van der Waals surface area (Å²) in [6.45, 7) is 0. The molecule has 1 aromatic heterocycles. The summed E-state index contributed by atoms with van der Waals surface area (Å²) in [7, 11) is 0. The predicted molar refractivity (Wildman–Crippen MR) is 108 cm³/mol. The third-order valence-corrected chi connectivity index (χ3v) is 6.53. The Labute approximate surface area is 156 Å². The molecular formula is C25H25N. The minimum atomic E-state index is 0.777. The lowest BCUT2D eigenvalue weighted by atomic mass is 9.63. The first kappa shape index (κ1) is 15.8. The monoisotopic (exact) mass is 339 g/mol. The minimum Gasteiger partial charge on any atom is -0.256 e. The van der Waals surface area contributed by atoms with E-state index in [0.29, 0.717) is 0 Å². The zero-order valence-corrected chi connectivity index (χ0v) is 15.1. The summed E-state index contributed by atoms with van der Waals surface area (Å²) in [5.74, 6) is 2.66. The molecule has 3 saturated carbocycles. The Morgan fingerprint density at radius 3 is 2.19 bits per heavy atom. The van der Waals surface area contributed by atoms with Crippen LogP contribution in [0.25, 0.3) is 22.4 Å². The van der Waals surface area contributed by atoms with Gasteiger partial charge in [0.1, 0.15) is 0 Å². The molecule has 1 heteroatoms. The van der Waals surface area contributed by atoms with Crippen molar-refractivity contribution >= 4 is 0 Å². The van der Waals surface area contributed by atoms with Crippen LogP contribution in [0.2, 0.25) is 0 Å². The summed E-state index contributed by atoms with van der Waals surface area (Å²) in [6.07, 6.45) is 9.23. The van der Waals surface area contributed by atoms with Gasteiger partial charge in [0.05, 0.1) is 5.69 Å². The maximum Gasteiger partial charge on any atom is 0.0702 e. The zero-order chi connectivity index (χ0) is 17.3. The molecule has 1 unspecified atom stereocenters. The first-order valence-corrected chi connectivity index (χ1v) is 9.98. The highest BCUT2D eigenvalue weighted by molar-refractivity contribution is 5.67. The lowest BCUT2D eigenvalue weighted by Crippen LogP contribution is -2.29. The van der Waals surface area contributed by atoms with Crippen LogP contribution in [-0.4, -0.2) is 4.98 Å². The van der Waals surface area contributed by atoms with E-state index in [1.54, 1.807) is 5.56 Å². The third kappa shape index (κ3) is 2.96. The molecule has 1 heterocycles. The molecule has 0 saturated heterocycles. The van der Waals surface area contributed by atoms with Crippen molar-refractivity contribution in [3.8, 4) is 22.4 Å². The van der Waals surface area contributed by atoms with Crippen LogP contribution in [0.1, 0.15) is 43.6 Å². The van der Waals surface area contributed by atoms with Crippen LogP contribution in [0.3, 0.4) is 0 Å². The van der Waals surface area contributed by atoms with Crippen molar-refractivity contribution in [2.75, 3.05) is 0 Å². The van der Waals surface area contributed by atoms with Gasteiger partial charge < -0.3 is 0 Å². The molecule has 3 aliphatic carbocycles. The second kappa shape index (κ2) is 6.72. The molecule has 0 spiro atoms. The molecule has 26 heavy (non-hydrogen) atoms. The Morgan fingerprint density at radius 2 is 1.50 bits per heavy atom. The fourth-order valence-corrected chi connectivity index (χ4v) is 5.08. The molecule has 2 bridgehead atoms. The number of nitrogens with zero attached hydrogens (tertiary/aromatic N) is 1. The van der Waals surface area contributed by atoms with Crippen LogP contribution in [-0.2, 0) is 0 Å². The summed E-state index contributed by atoms with van der Waals surface area (Å²) >= 11 is 0. The molecule has 0 N–H and O–H groups in total. The van der Waals surface area contributed by atoms with Gasteiger partial charge in [-0.2, -0.15) is 0 Å². The predicted octanol–water partition coefficient (Wildman–Crippen LogP) is 6.71. The number of aromatic nitrogens is 1. The van der Waals surface area contributed by atoms with Crippen LogP contribution in [0.15, 0.2) is 72.9 Å². The van der Waals surface area contributed by atoms with Gasteiger partial charge in [0.15, 0.2) is 0 Å². The molecule has 130 valence electrons. The van der Waals surface area contributed by atoms with Crippen LogP contribution >= 0.6 is 0 Å². The summed E-state index contributed by atoms with van der Waals surface area (Å²) in [4.78, 5) is 4.71. The van der Waals surface area contributed by atoms with Gasteiger partial charge in [-0.05, 0) is 54.2 Å². The van der Waals surface area contributed by atoms with Crippen LogP contribution in [0.5, 0.6) is 0 Å². The number of hydrogen-bond acceptors (Lipinski definition) is 1. The van der Waals surface area contributed by atoms with Crippen molar-refractivity contribution in [2.45, 2.75) is 38.0 Å². The van der Waals surface area contributed by atoms with Gasteiger partial charge in [-0.3, -0.25) is 4.98 Å². The first-order valence-electron chi connectivity index (χ1n) is 9.98.